The number of hydrogen-bond donors (Lipinski definition) is 1. The molecule has 110 valence electrons. The predicted molar refractivity (Wildman–Crippen MR) is 82.4 cm³/mol. The third-order valence-electron chi connectivity index (χ3n) is 4.31. The zero-order valence-electron chi connectivity index (χ0n) is 12.8. The lowest BCUT2D eigenvalue weighted by atomic mass is 9.77. The van der Waals surface area contributed by atoms with E-state index in [-0.39, 0.29) is 5.91 Å². The summed E-state index contributed by atoms with van der Waals surface area (Å²) < 4.78 is 0. The van der Waals surface area contributed by atoms with E-state index in [1.165, 1.54) is 24.8 Å². The second-order valence-corrected chi connectivity index (χ2v) is 6.07. The molecule has 1 saturated carbocycles. The van der Waals surface area contributed by atoms with Crippen molar-refractivity contribution in [2.75, 3.05) is 14.1 Å². The zero-order chi connectivity index (χ0) is 14.5. The van der Waals surface area contributed by atoms with E-state index in [4.69, 9.17) is 0 Å². The number of nitrogens with one attached hydrogen (secondary N) is 1. The molecule has 0 bridgehead atoms. The molecular formula is C17H26N2O. The number of rotatable bonds is 4. The maximum absolute atomic E-state index is 11.5. The van der Waals surface area contributed by atoms with Crippen LogP contribution < -0.4 is 5.32 Å². The van der Waals surface area contributed by atoms with Crippen LogP contribution in [0, 0.1) is 5.92 Å². The first-order chi connectivity index (χ1) is 9.59. The van der Waals surface area contributed by atoms with Gasteiger partial charge in [0.1, 0.15) is 0 Å². The van der Waals surface area contributed by atoms with E-state index >= 15 is 0 Å². The second-order valence-electron chi connectivity index (χ2n) is 6.07. The Morgan fingerprint density at radius 1 is 1.20 bits per heavy atom. The Bertz CT molecular complexity index is 430. The molecule has 3 heteroatoms. The number of carbonyl (C=O) groups is 1. The minimum absolute atomic E-state index is 0.0902. The van der Waals surface area contributed by atoms with Gasteiger partial charge in [-0.2, -0.15) is 0 Å². The highest BCUT2D eigenvalue weighted by atomic mass is 16.1. The fraction of sp³-hybridized carbons (Fsp3) is 0.588. The van der Waals surface area contributed by atoms with E-state index in [0.29, 0.717) is 18.0 Å². The number of carbonyl (C=O) groups excluding carboxylic acids is 1. The first kappa shape index (κ1) is 15.0. The van der Waals surface area contributed by atoms with Crippen molar-refractivity contribution in [2.45, 2.75) is 44.7 Å². The Kier molecular flexibility index (Phi) is 5.18. The fourth-order valence-electron chi connectivity index (χ4n) is 3.56. The Labute approximate surface area is 122 Å². The molecular weight excluding hydrogens is 248 g/mol. The van der Waals surface area contributed by atoms with E-state index in [2.05, 4.69) is 54.6 Å². The molecule has 2 rings (SSSR count). The van der Waals surface area contributed by atoms with E-state index in [1.54, 1.807) is 6.92 Å². The molecule has 0 heterocycles. The van der Waals surface area contributed by atoms with Gasteiger partial charge >= 0.3 is 0 Å². The Balaban J connectivity index is 2.24. The Hall–Kier alpha value is -1.35. The molecule has 1 aliphatic carbocycles. The van der Waals surface area contributed by atoms with Crippen LogP contribution in [0.15, 0.2) is 30.3 Å². The average Bonchev–Trinajstić information content (AvgIpc) is 2.41. The van der Waals surface area contributed by atoms with Crippen LogP contribution in [0.3, 0.4) is 0 Å². The van der Waals surface area contributed by atoms with Crippen LogP contribution >= 0.6 is 0 Å². The number of amides is 1. The number of benzene rings is 1. The summed E-state index contributed by atoms with van der Waals surface area (Å²) in [5.41, 5.74) is 1.35. The van der Waals surface area contributed by atoms with Crippen LogP contribution in [0.4, 0.5) is 0 Å². The first-order valence-electron chi connectivity index (χ1n) is 7.58. The maximum atomic E-state index is 11.5. The van der Waals surface area contributed by atoms with Crippen LogP contribution in [-0.4, -0.2) is 30.9 Å². The molecule has 1 fully saturated rings. The maximum Gasteiger partial charge on any atom is 0.217 e. The standard InChI is InChI=1S/C17H26N2O/c1-13(20)18-16-12-8-7-11-15(16)17(19(2)3)14-9-5-4-6-10-14/h4-6,9-10,15-17H,7-8,11-12H2,1-3H3,(H,18,20). The first-order valence-corrected chi connectivity index (χ1v) is 7.58. The van der Waals surface area contributed by atoms with Gasteiger partial charge in [0.05, 0.1) is 0 Å². The monoisotopic (exact) mass is 274 g/mol. The van der Waals surface area contributed by atoms with Crippen molar-refractivity contribution >= 4 is 5.91 Å². The summed E-state index contributed by atoms with van der Waals surface area (Å²) >= 11 is 0. The summed E-state index contributed by atoms with van der Waals surface area (Å²) in [5, 5.41) is 3.17. The van der Waals surface area contributed by atoms with Crippen molar-refractivity contribution in [1.82, 2.24) is 10.2 Å². The summed E-state index contributed by atoms with van der Waals surface area (Å²) in [5.74, 6) is 0.581. The van der Waals surface area contributed by atoms with Gasteiger partial charge in [-0.25, -0.2) is 0 Å². The SMILES string of the molecule is CC(=O)NC1CCCCC1C(c1ccccc1)N(C)C. The van der Waals surface area contributed by atoms with Crippen LogP contribution in [0.2, 0.25) is 0 Å². The lowest BCUT2D eigenvalue weighted by Gasteiger charge is -2.40. The van der Waals surface area contributed by atoms with E-state index in [0.717, 1.165) is 6.42 Å². The fourth-order valence-corrected chi connectivity index (χ4v) is 3.56. The molecule has 0 aliphatic heterocycles. The minimum Gasteiger partial charge on any atom is -0.353 e. The Morgan fingerprint density at radius 3 is 2.45 bits per heavy atom. The van der Waals surface area contributed by atoms with Crippen LogP contribution in [0.1, 0.15) is 44.2 Å². The van der Waals surface area contributed by atoms with Crippen molar-refractivity contribution in [2.24, 2.45) is 5.92 Å². The third-order valence-corrected chi connectivity index (χ3v) is 4.31. The van der Waals surface area contributed by atoms with Gasteiger partial charge in [0.25, 0.3) is 0 Å². The lowest BCUT2D eigenvalue weighted by molar-refractivity contribution is -0.120. The summed E-state index contributed by atoms with van der Waals surface area (Å²) in [6.45, 7) is 1.62. The second kappa shape index (κ2) is 6.89. The topological polar surface area (TPSA) is 32.3 Å². The minimum atomic E-state index is 0.0902. The zero-order valence-corrected chi connectivity index (χ0v) is 12.8. The van der Waals surface area contributed by atoms with Gasteiger partial charge in [0.15, 0.2) is 0 Å². The van der Waals surface area contributed by atoms with Gasteiger partial charge < -0.3 is 10.2 Å². The molecule has 1 aliphatic rings. The molecule has 0 spiro atoms. The van der Waals surface area contributed by atoms with Gasteiger partial charge in [-0.15, -0.1) is 0 Å². The van der Waals surface area contributed by atoms with Crippen molar-refractivity contribution in [1.29, 1.82) is 0 Å². The van der Waals surface area contributed by atoms with Gasteiger partial charge in [-0.3, -0.25) is 4.79 Å². The summed E-state index contributed by atoms with van der Waals surface area (Å²) in [6, 6.07) is 11.3. The number of hydrogen-bond acceptors (Lipinski definition) is 2. The smallest absolute Gasteiger partial charge is 0.217 e. The van der Waals surface area contributed by atoms with E-state index in [9.17, 15) is 4.79 Å². The molecule has 0 saturated heterocycles. The summed E-state index contributed by atoms with van der Waals surface area (Å²) in [4.78, 5) is 13.8. The van der Waals surface area contributed by atoms with Gasteiger partial charge in [-0.05, 0) is 38.4 Å². The molecule has 0 aromatic heterocycles. The molecule has 20 heavy (non-hydrogen) atoms. The van der Waals surface area contributed by atoms with Gasteiger partial charge in [0, 0.05) is 19.0 Å². The molecule has 3 nitrogen and oxygen atoms in total. The van der Waals surface area contributed by atoms with Crippen molar-refractivity contribution in [3.05, 3.63) is 35.9 Å². The molecule has 1 aromatic rings. The van der Waals surface area contributed by atoms with Crippen molar-refractivity contribution in [3.8, 4) is 0 Å². The molecule has 1 N–H and O–H groups in total. The van der Waals surface area contributed by atoms with Crippen molar-refractivity contribution in [3.63, 3.8) is 0 Å². The average molecular weight is 274 g/mol. The highest BCUT2D eigenvalue weighted by Crippen LogP contribution is 2.37. The highest BCUT2D eigenvalue weighted by Gasteiger charge is 2.34. The van der Waals surface area contributed by atoms with E-state index in [1.807, 2.05) is 0 Å². The predicted octanol–water partition coefficient (Wildman–Crippen LogP) is 2.98. The van der Waals surface area contributed by atoms with Crippen molar-refractivity contribution < 1.29 is 4.79 Å². The number of nitrogens with zero attached hydrogens (tertiary/aromatic N) is 1. The largest absolute Gasteiger partial charge is 0.353 e. The summed E-state index contributed by atoms with van der Waals surface area (Å²) in [7, 11) is 4.27. The molecule has 3 atom stereocenters. The van der Waals surface area contributed by atoms with Crippen LogP contribution in [0.25, 0.3) is 0 Å². The molecule has 1 aromatic carbocycles. The Morgan fingerprint density at radius 2 is 1.85 bits per heavy atom. The normalized spacial score (nSPS) is 24.4. The lowest BCUT2D eigenvalue weighted by Crippen LogP contribution is -2.46. The van der Waals surface area contributed by atoms with E-state index < -0.39 is 0 Å². The quantitative estimate of drug-likeness (QED) is 0.915. The van der Waals surface area contributed by atoms with Gasteiger partial charge in [-0.1, -0.05) is 43.2 Å². The molecule has 0 radical (unpaired) electrons. The van der Waals surface area contributed by atoms with Gasteiger partial charge in [0.2, 0.25) is 5.91 Å². The summed E-state index contributed by atoms with van der Waals surface area (Å²) in [6.07, 6.45) is 4.76. The van der Waals surface area contributed by atoms with Crippen LogP contribution in [-0.2, 0) is 4.79 Å². The molecule has 3 unspecified atom stereocenters. The highest BCUT2D eigenvalue weighted by molar-refractivity contribution is 5.73. The van der Waals surface area contributed by atoms with Crippen LogP contribution in [0.5, 0.6) is 0 Å². The molecule has 1 amide bonds. The third kappa shape index (κ3) is 3.60.